The number of ketones is 1. The van der Waals surface area contributed by atoms with E-state index in [1.165, 1.54) is 35.1 Å². The van der Waals surface area contributed by atoms with Gasteiger partial charge in [0.2, 0.25) is 0 Å². The molecule has 7 heteroatoms. The molecule has 0 aliphatic heterocycles. The third-order valence-corrected chi connectivity index (χ3v) is 2.56. The van der Waals surface area contributed by atoms with E-state index in [1.807, 2.05) is 0 Å². The quantitative estimate of drug-likeness (QED) is 0.481. The van der Waals surface area contributed by atoms with Crippen molar-refractivity contribution in [3.8, 4) is 0 Å². The van der Waals surface area contributed by atoms with Crippen LogP contribution < -0.4 is 0 Å². The zero-order valence-electron chi connectivity index (χ0n) is 10.0. The van der Waals surface area contributed by atoms with Gasteiger partial charge in [-0.2, -0.15) is 4.68 Å². The second-order valence-corrected chi connectivity index (χ2v) is 4.02. The fraction of sp³-hybridized carbons (Fsp3) is 0.167. The summed E-state index contributed by atoms with van der Waals surface area (Å²) in [6.07, 6.45) is 1.43. The Morgan fingerprint density at radius 2 is 2.05 bits per heavy atom. The third-order valence-electron chi connectivity index (χ3n) is 2.56. The summed E-state index contributed by atoms with van der Waals surface area (Å²) in [5.74, 6) is -0.994. The van der Waals surface area contributed by atoms with Crippen LogP contribution in [0.4, 0.5) is 10.2 Å². The Kier molecular flexibility index (Phi) is 3.37. The van der Waals surface area contributed by atoms with E-state index in [1.54, 1.807) is 6.92 Å². The van der Waals surface area contributed by atoms with Crippen molar-refractivity contribution in [2.24, 2.45) is 0 Å². The Bertz CT molecular complexity index is 634. The predicted octanol–water partition coefficient (Wildman–Crippen LogP) is 2.12. The van der Waals surface area contributed by atoms with Crippen LogP contribution in [0.2, 0.25) is 0 Å². The molecule has 1 aromatic heterocycles. The number of carbonyl (C=O) groups is 1. The summed E-state index contributed by atoms with van der Waals surface area (Å²) in [6, 6.07) is 5.10. The number of nitrogens with zero attached hydrogens (tertiary/aromatic N) is 3. The number of rotatable bonds is 4. The Balaban J connectivity index is 2.17. The molecular formula is C12H10FN3O3. The highest BCUT2D eigenvalue weighted by atomic mass is 19.1. The lowest BCUT2D eigenvalue weighted by Crippen LogP contribution is -2.11. The van der Waals surface area contributed by atoms with Gasteiger partial charge in [-0.05, 0) is 36.1 Å². The van der Waals surface area contributed by atoms with Crippen LogP contribution in [0, 0.1) is 22.9 Å². The average Bonchev–Trinajstić information content (AvgIpc) is 2.71. The van der Waals surface area contributed by atoms with Crippen molar-refractivity contribution in [2.75, 3.05) is 0 Å². The van der Waals surface area contributed by atoms with Gasteiger partial charge in [0.15, 0.2) is 5.78 Å². The van der Waals surface area contributed by atoms with Gasteiger partial charge < -0.3 is 10.1 Å². The summed E-state index contributed by atoms with van der Waals surface area (Å²) in [5.41, 5.74) is 0.717. The number of aromatic nitrogens is 2. The van der Waals surface area contributed by atoms with E-state index in [0.29, 0.717) is 11.1 Å². The van der Waals surface area contributed by atoms with Gasteiger partial charge in [-0.1, -0.05) is 0 Å². The number of halogens is 1. The van der Waals surface area contributed by atoms with Crippen LogP contribution >= 0.6 is 0 Å². The normalized spacial score (nSPS) is 10.4. The van der Waals surface area contributed by atoms with Crippen LogP contribution in [0.25, 0.3) is 0 Å². The summed E-state index contributed by atoms with van der Waals surface area (Å²) in [4.78, 5) is 21.9. The largest absolute Gasteiger partial charge is 0.392 e. The maximum atomic E-state index is 12.7. The van der Waals surface area contributed by atoms with E-state index < -0.39 is 10.7 Å². The zero-order chi connectivity index (χ0) is 14.0. The summed E-state index contributed by atoms with van der Waals surface area (Å²) < 4.78 is 13.9. The van der Waals surface area contributed by atoms with Crippen LogP contribution in [0.3, 0.4) is 0 Å². The second-order valence-electron chi connectivity index (χ2n) is 4.02. The SMILES string of the molecule is Cc1cn(CC(=O)c2ccc(F)cc2)nc1[N+](=O)[O-]. The third kappa shape index (κ3) is 2.82. The minimum absolute atomic E-state index is 0.125. The molecule has 0 fully saturated rings. The lowest BCUT2D eigenvalue weighted by atomic mass is 10.1. The van der Waals surface area contributed by atoms with Gasteiger partial charge in [0, 0.05) is 5.56 Å². The molecule has 0 radical (unpaired) electrons. The molecule has 0 amide bonds. The van der Waals surface area contributed by atoms with Gasteiger partial charge >= 0.3 is 5.82 Å². The monoisotopic (exact) mass is 263 g/mol. The zero-order valence-corrected chi connectivity index (χ0v) is 10.0. The number of carbonyl (C=O) groups excluding carboxylic acids is 1. The smallest absolute Gasteiger partial charge is 0.358 e. The minimum Gasteiger partial charge on any atom is -0.358 e. The van der Waals surface area contributed by atoms with Crippen LogP contribution in [-0.2, 0) is 6.54 Å². The Hall–Kier alpha value is -2.57. The van der Waals surface area contributed by atoms with Crippen molar-refractivity contribution >= 4 is 11.6 Å². The van der Waals surface area contributed by atoms with Crippen molar-refractivity contribution < 1.29 is 14.1 Å². The van der Waals surface area contributed by atoms with Crippen molar-refractivity contribution in [1.29, 1.82) is 0 Å². The molecule has 0 bridgehead atoms. The molecule has 0 saturated carbocycles. The second kappa shape index (κ2) is 4.97. The number of Topliss-reactive ketones (excluding diaryl/α,β-unsaturated/α-hetero) is 1. The standard InChI is InChI=1S/C12H10FN3O3/c1-8-6-15(14-12(8)16(18)19)7-11(17)9-2-4-10(13)5-3-9/h2-6H,7H2,1H3. The number of aryl methyl sites for hydroxylation is 1. The molecule has 6 nitrogen and oxygen atoms in total. The number of hydrogen-bond acceptors (Lipinski definition) is 4. The van der Waals surface area contributed by atoms with E-state index in [2.05, 4.69) is 5.10 Å². The fourth-order valence-corrected chi connectivity index (χ4v) is 1.65. The maximum absolute atomic E-state index is 12.7. The summed E-state index contributed by atoms with van der Waals surface area (Å²) in [5, 5.41) is 14.3. The highest BCUT2D eigenvalue weighted by Gasteiger charge is 2.18. The molecule has 0 saturated heterocycles. The Morgan fingerprint density at radius 1 is 1.42 bits per heavy atom. The molecule has 0 atom stereocenters. The van der Waals surface area contributed by atoms with Crippen molar-refractivity contribution in [2.45, 2.75) is 13.5 Å². The molecule has 1 aromatic carbocycles. The molecular weight excluding hydrogens is 253 g/mol. The predicted molar refractivity (Wildman–Crippen MR) is 64.3 cm³/mol. The molecule has 0 aliphatic rings. The maximum Gasteiger partial charge on any atom is 0.392 e. The van der Waals surface area contributed by atoms with E-state index in [-0.39, 0.29) is 18.1 Å². The molecule has 98 valence electrons. The average molecular weight is 263 g/mol. The van der Waals surface area contributed by atoms with Crippen molar-refractivity contribution in [3.63, 3.8) is 0 Å². The molecule has 2 aromatic rings. The highest BCUT2D eigenvalue weighted by Crippen LogP contribution is 2.14. The molecule has 0 N–H and O–H groups in total. The molecule has 0 unspecified atom stereocenters. The molecule has 0 spiro atoms. The van der Waals surface area contributed by atoms with Crippen LogP contribution in [0.15, 0.2) is 30.5 Å². The molecule has 1 heterocycles. The first kappa shape index (κ1) is 12.9. The lowest BCUT2D eigenvalue weighted by Gasteiger charge is -1.98. The van der Waals surface area contributed by atoms with E-state index >= 15 is 0 Å². The number of benzene rings is 1. The Morgan fingerprint density at radius 3 is 2.58 bits per heavy atom. The van der Waals surface area contributed by atoms with Gasteiger partial charge in [0.1, 0.15) is 12.4 Å². The summed E-state index contributed by atoms with van der Waals surface area (Å²) in [7, 11) is 0. The van der Waals surface area contributed by atoms with Gasteiger partial charge in [-0.15, -0.1) is 0 Å². The highest BCUT2D eigenvalue weighted by molar-refractivity contribution is 5.95. The molecule has 2 rings (SSSR count). The van der Waals surface area contributed by atoms with Crippen molar-refractivity contribution in [3.05, 3.63) is 57.5 Å². The van der Waals surface area contributed by atoms with Gasteiger partial charge in [0.25, 0.3) is 0 Å². The number of nitro groups is 1. The first-order valence-electron chi connectivity index (χ1n) is 5.44. The van der Waals surface area contributed by atoms with Gasteiger partial charge in [-0.25, -0.2) is 4.39 Å². The molecule has 0 aliphatic carbocycles. The number of hydrogen-bond donors (Lipinski definition) is 0. The Labute approximate surface area is 107 Å². The first-order chi connectivity index (χ1) is 8.97. The summed E-state index contributed by atoms with van der Waals surface area (Å²) >= 11 is 0. The van der Waals surface area contributed by atoms with Gasteiger partial charge in [-0.3, -0.25) is 4.79 Å². The summed E-state index contributed by atoms with van der Waals surface area (Å²) in [6.45, 7) is 1.42. The first-order valence-corrected chi connectivity index (χ1v) is 5.44. The van der Waals surface area contributed by atoms with E-state index in [9.17, 15) is 19.3 Å². The fourth-order valence-electron chi connectivity index (χ4n) is 1.65. The minimum atomic E-state index is -0.603. The van der Waals surface area contributed by atoms with E-state index in [4.69, 9.17) is 0 Å². The van der Waals surface area contributed by atoms with Gasteiger partial charge in [0.05, 0.1) is 16.9 Å². The topological polar surface area (TPSA) is 78.0 Å². The van der Waals surface area contributed by atoms with Crippen molar-refractivity contribution in [1.82, 2.24) is 9.78 Å². The lowest BCUT2D eigenvalue weighted by molar-refractivity contribution is -0.390. The van der Waals surface area contributed by atoms with Crippen LogP contribution in [0.1, 0.15) is 15.9 Å². The van der Waals surface area contributed by atoms with Crippen LogP contribution in [-0.4, -0.2) is 20.5 Å². The molecule has 19 heavy (non-hydrogen) atoms. The van der Waals surface area contributed by atoms with Crippen LogP contribution in [0.5, 0.6) is 0 Å². The van der Waals surface area contributed by atoms with E-state index in [0.717, 1.165) is 0 Å².